The molecule has 1 amide bonds. The van der Waals surface area contributed by atoms with Crippen molar-refractivity contribution in [3.63, 3.8) is 0 Å². The molecule has 1 N–H and O–H groups in total. The third-order valence-electron chi connectivity index (χ3n) is 4.13. The van der Waals surface area contributed by atoms with Crippen molar-refractivity contribution in [2.24, 2.45) is 0 Å². The van der Waals surface area contributed by atoms with Crippen LogP contribution in [0.4, 0.5) is 5.69 Å². The van der Waals surface area contributed by atoms with Crippen molar-refractivity contribution in [2.75, 3.05) is 25.0 Å². The molecule has 3 heteroatoms. The fourth-order valence-electron chi connectivity index (χ4n) is 2.91. The molecule has 1 aliphatic heterocycles. The van der Waals surface area contributed by atoms with Crippen LogP contribution >= 0.6 is 0 Å². The molecule has 0 aliphatic carbocycles. The molecular formula is C18H22N2O. The maximum absolute atomic E-state index is 12.1. The number of carbonyl (C=O) groups is 1. The summed E-state index contributed by atoms with van der Waals surface area (Å²) < 4.78 is 0. The summed E-state index contributed by atoms with van der Waals surface area (Å²) in [6.45, 7) is 2.58. The van der Waals surface area contributed by atoms with E-state index >= 15 is 0 Å². The first-order valence-electron chi connectivity index (χ1n) is 7.83. The number of amides is 1. The second-order valence-corrected chi connectivity index (χ2v) is 5.68. The van der Waals surface area contributed by atoms with E-state index in [0.29, 0.717) is 13.0 Å². The minimum atomic E-state index is 0.281. The van der Waals surface area contributed by atoms with Crippen LogP contribution in [0, 0.1) is 0 Å². The summed E-state index contributed by atoms with van der Waals surface area (Å²) in [6.07, 6.45) is 4.15. The van der Waals surface area contributed by atoms with E-state index in [1.54, 1.807) is 0 Å². The molecule has 0 aromatic heterocycles. The van der Waals surface area contributed by atoms with Crippen molar-refractivity contribution in [3.8, 4) is 0 Å². The number of piperidine rings is 1. The summed E-state index contributed by atoms with van der Waals surface area (Å²) in [5, 5.41) is 5.83. The second-order valence-electron chi connectivity index (χ2n) is 5.68. The van der Waals surface area contributed by atoms with Gasteiger partial charge in [0.2, 0.25) is 5.91 Å². The number of carbonyl (C=O) groups excluding carboxylic acids is 1. The number of rotatable bonds is 4. The molecular weight excluding hydrogens is 260 g/mol. The van der Waals surface area contributed by atoms with Crippen LogP contribution in [0.2, 0.25) is 0 Å². The van der Waals surface area contributed by atoms with Crippen LogP contribution in [0.3, 0.4) is 0 Å². The van der Waals surface area contributed by atoms with E-state index in [1.807, 2.05) is 17.0 Å². The van der Waals surface area contributed by atoms with Gasteiger partial charge in [-0.25, -0.2) is 0 Å². The maximum Gasteiger partial charge on any atom is 0.224 e. The van der Waals surface area contributed by atoms with Crippen molar-refractivity contribution in [1.82, 2.24) is 4.90 Å². The highest BCUT2D eigenvalue weighted by molar-refractivity contribution is 5.85. The third-order valence-corrected chi connectivity index (χ3v) is 4.13. The first-order valence-corrected chi connectivity index (χ1v) is 7.83. The molecule has 21 heavy (non-hydrogen) atoms. The summed E-state index contributed by atoms with van der Waals surface area (Å²) in [7, 11) is 0. The molecule has 0 atom stereocenters. The maximum atomic E-state index is 12.1. The van der Waals surface area contributed by atoms with E-state index in [2.05, 4.69) is 35.6 Å². The molecule has 2 aromatic rings. The fourth-order valence-corrected chi connectivity index (χ4v) is 2.91. The van der Waals surface area contributed by atoms with Gasteiger partial charge in [0.05, 0.1) is 0 Å². The zero-order valence-corrected chi connectivity index (χ0v) is 12.3. The van der Waals surface area contributed by atoms with Crippen molar-refractivity contribution < 1.29 is 4.79 Å². The number of likely N-dealkylation sites (tertiary alicyclic amines) is 1. The van der Waals surface area contributed by atoms with Crippen LogP contribution in [0.1, 0.15) is 25.7 Å². The van der Waals surface area contributed by atoms with Crippen LogP contribution < -0.4 is 5.32 Å². The summed E-state index contributed by atoms with van der Waals surface area (Å²) in [5.41, 5.74) is 1.08. The Morgan fingerprint density at radius 2 is 1.76 bits per heavy atom. The molecule has 0 unspecified atom stereocenters. The van der Waals surface area contributed by atoms with E-state index in [4.69, 9.17) is 0 Å². The standard InChI is InChI=1S/C18H22N2O/c21-18(20-12-4-1-5-13-20)10-11-19-17-9-8-15-6-2-3-7-16(15)14-17/h2-3,6-9,14,19H,1,4-5,10-13H2. The van der Waals surface area contributed by atoms with Gasteiger partial charge < -0.3 is 10.2 Å². The summed E-state index contributed by atoms with van der Waals surface area (Å²) in [5.74, 6) is 0.281. The van der Waals surface area contributed by atoms with Crippen molar-refractivity contribution in [2.45, 2.75) is 25.7 Å². The number of benzene rings is 2. The number of nitrogens with zero attached hydrogens (tertiary/aromatic N) is 1. The third kappa shape index (κ3) is 3.54. The van der Waals surface area contributed by atoms with Crippen LogP contribution in [-0.4, -0.2) is 30.4 Å². The summed E-state index contributed by atoms with van der Waals surface area (Å²) in [6, 6.07) is 14.6. The molecule has 0 bridgehead atoms. The van der Waals surface area contributed by atoms with Crippen molar-refractivity contribution in [3.05, 3.63) is 42.5 Å². The molecule has 0 radical (unpaired) electrons. The quantitative estimate of drug-likeness (QED) is 0.928. The zero-order valence-electron chi connectivity index (χ0n) is 12.3. The Balaban J connectivity index is 1.53. The summed E-state index contributed by atoms with van der Waals surface area (Å²) >= 11 is 0. The molecule has 1 aliphatic rings. The first-order chi connectivity index (χ1) is 10.3. The number of anilines is 1. The molecule has 1 heterocycles. The number of hydrogen-bond acceptors (Lipinski definition) is 2. The van der Waals surface area contributed by atoms with Gasteiger partial charge in [-0.05, 0) is 42.2 Å². The lowest BCUT2D eigenvalue weighted by atomic mass is 10.1. The van der Waals surface area contributed by atoms with E-state index in [9.17, 15) is 4.79 Å². The molecule has 1 saturated heterocycles. The van der Waals surface area contributed by atoms with Crippen LogP contribution in [0.25, 0.3) is 10.8 Å². The summed E-state index contributed by atoms with van der Waals surface area (Å²) in [4.78, 5) is 14.1. The van der Waals surface area contributed by atoms with Crippen LogP contribution in [0.5, 0.6) is 0 Å². The SMILES string of the molecule is O=C(CCNc1ccc2ccccc2c1)N1CCCCC1. The largest absolute Gasteiger partial charge is 0.385 e. The molecule has 110 valence electrons. The number of nitrogens with one attached hydrogen (secondary N) is 1. The highest BCUT2D eigenvalue weighted by Crippen LogP contribution is 2.18. The lowest BCUT2D eigenvalue weighted by molar-refractivity contribution is -0.131. The monoisotopic (exact) mass is 282 g/mol. The molecule has 0 spiro atoms. The highest BCUT2D eigenvalue weighted by Gasteiger charge is 2.15. The number of hydrogen-bond donors (Lipinski definition) is 1. The van der Waals surface area contributed by atoms with E-state index < -0.39 is 0 Å². The second kappa shape index (κ2) is 6.61. The minimum Gasteiger partial charge on any atom is -0.385 e. The Bertz CT molecular complexity index is 617. The molecule has 0 saturated carbocycles. The molecule has 1 fully saturated rings. The molecule has 3 nitrogen and oxygen atoms in total. The highest BCUT2D eigenvalue weighted by atomic mass is 16.2. The average Bonchev–Trinajstić information content (AvgIpc) is 2.55. The van der Waals surface area contributed by atoms with Gasteiger partial charge >= 0.3 is 0 Å². The predicted molar refractivity (Wildman–Crippen MR) is 87.5 cm³/mol. The van der Waals surface area contributed by atoms with Gasteiger partial charge in [-0.1, -0.05) is 30.3 Å². The van der Waals surface area contributed by atoms with Crippen molar-refractivity contribution in [1.29, 1.82) is 0 Å². The average molecular weight is 282 g/mol. The van der Waals surface area contributed by atoms with E-state index in [1.165, 1.54) is 17.2 Å². The topological polar surface area (TPSA) is 32.3 Å². The lowest BCUT2D eigenvalue weighted by Gasteiger charge is -2.26. The van der Waals surface area contributed by atoms with Gasteiger partial charge in [-0.15, -0.1) is 0 Å². The Kier molecular flexibility index (Phi) is 4.39. The van der Waals surface area contributed by atoms with Gasteiger partial charge in [0, 0.05) is 31.7 Å². The Labute approximate surface area is 125 Å². The molecule has 3 rings (SSSR count). The van der Waals surface area contributed by atoms with Gasteiger partial charge in [0.25, 0.3) is 0 Å². The van der Waals surface area contributed by atoms with Crippen molar-refractivity contribution >= 4 is 22.4 Å². The van der Waals surface area contributed by atoms with Gasteiger partial charge in [-0.2, -0.15) is 0 Å². The fraction of sp³-hybridized carbons (Fsp3) is 0.389. The Morgan fingerprint density at radius 3 is 2.57 bits per heavy atom. The lowest BCUT2D eigenvalue weighted by Crippen LogP contribution is -2.36. The minimum absolute atomic E-state index is 0.281. The van der Waals surface area contributed by atoms with Crippen LogP contribution in [0.15, 0.2) is 42.5 Å². The van der Waals surface area contributed by atoms with E-state index in [-0.39, 0.29) is 5.91 Å². The molecule has 2 aromatic carbocycles. The van der Waals surface area contributed by atoms with Gasteiger partial charge in [0.1, 0.15) is 0 Å². The smallest absolute Gasteiger partial charge is 0.224 e. The van der Waals surface area contributed by atoms with E-state index in [0.717, 1.165) is 31.6 Å². The Hall–Kier alpha value is -2.03. The zero-order chi connectivity index (χ0) is 14.5. The normalized spacial score (nSPS) is 15.1. The number of fused-ring (bicyclic) bond motifs is 1. The predicted octanol–water partition coefficient (Wildman–Crippen LogP) is 3.65. The first kappa shape index (κ1) is 13.9. The van der Waals surface area contributed by atoms with Crippen LogP contribution in [-0.2, 0) is 4.79 Å². The van der Waals surface area contributed by atoms with Gasteiger partial charge in [-0.3, -0.25) is 4.79 Å². The van der Waals surface area contributed by atoms with Gasteiger partial charge in [0.15, 0.2) is 0 Å². The Morgan fingerprint density at radius 1 is 1.00 bits per heavy atom.